The standard InChI is InChI=1S/C17H24N6O/c1-11-9-23(10-12(2)24-11)13(3)15-20-16(18)22-17(21-15)19-14-7-5-4-6-8-14/h4-8,11-13H,9-10H2,1-3H3,(H3,18,19,20,21,22)/t11-,12+,13-/m0/s1. The molecule has 1 aromatic heterocycles. The summed E-state index contributed by atoms with van der Waals surface area (Å²) >= 11 is 0. The number of nitrogens with zero attached hydrogens (tertiary/aromatic N) is 4. The first-order valence-corrected chi connectivity index (χ1v) is 8.24. The Labute approximate surface area is 142 Å². The summed E-state index contributed by atoms with van der Waals surface area (Å²) in [6, 6.07) is 9.81. The van der Waals surface area contributed by atoms with Gasteiger partial charge in [-0.2, -0.15) is 15.0 Å². The summed E-state index contributed by atoms with van der Waals surface area (Å²) in [6.07, 6.45) is 0.384. The molecule has 1 aromatic carbocycles. The summed E-state index contributed by atoms with van der Waals surface area (Å²) in [5.41, 5.74) is 6.80. The van der Waals surface area contributed by atoms with E-state index >= 15 is 0 Å². The number of hydrogen-bond acceptors (Lipinski definition) is 7. The average molecular weight is 328 g/mol. The quantitative estimate of drug-likeness (QED) is 0.890. The molecular formula is C17H24N6O. The number of aromatic nitrogens is 3. The number of hydrogen-bond donors (Lipinski definition) is 2. The fourth-order valence-electron chi connectivity index (χ4n) is 3.00. The fraction of sp³-hybridized carbons (Fsp3) is 0.471. The van der Waals surface area contributed by atoms with Crippen molar-refractivity contribution in [2.45, 2.75) is 39.0 Å². The van der Waals surface area contributed by atoms with E-state index in [-0.39, 0.29) is 24.2 Å². The van der Waals surface area contributed by atoms with E-state index < -0.39 is 0 Å². The number of nitrogens with one attached hydrogen (secondary N) is 1. The van der Waals surface area contributed by atoms with Gasteiger partial charge >= 0.3 is 0 Å². The largest absolute Gasteiger partial charge is 0.373 e. The third-order valence-corrected chi connectivity index (χ3v) is 4.07. The van der Waals surface area contributed by atoms with Crippen LogP contribution in [0, 0.1) is 0 Å². The highest BCUT2D eigenvalue weighted by atomic mass is 16.5. The van der Waals surface area contributed by atoms with Crippen molar-refractivity contribution in [1.29, 1.82) is 0 Å². The molecule has 1 saturated heterocycles. The Morgan fingerprint density at radius 3 is 2.46 bits per heavy atom. The molecule has 0 unspecified atom stereocenters. The molecule has 3 atom stereocenters. The number of benzene rings is 1. The van der Waals surface area contributed by atoms with Crippen LogP contribution in [0.4, 0.5) is 17.6 Å². The molecule has 24 heavy (non-hydrogen) atoms. The third-order valence-electron chi connectivity index (χ3n) is 4.07. The molecule has 0 spiro atoms. The van der Waals surface area contributed by atoms with Gasteiger partial charge in [0.1, 0.15) is 0 Å². The highest BCUT2D eigenvalue weighted by Gasteiger charge is 2.28. The van der Waals surface area contributed by atoms with Gasteiger partial charge in [0.05, 0.1) is 18.2 Å². The van der Waals surface area contributed by atoms with Crippen molar-refractivity contribution in [1.82, 2.24) is 19.9 Å². The van der Waals surface area contributed by atoms with Gasteiger partial charge in [0, 0.05) is 18.8 Å². The second-order valence-corrected chi connectivity index (χ2v) is 6.25. The van der Waals surface area contributed by atoms with Gasteiger partial charge < -0.3 is 15.8 Å². The minimum Gasteiger partial charge on any atom is -0.373 e. The third kappa shape index (κ3) is 3.98. The Bertz CT molecular complexity index is 670. The number of rotatable bonds is 4. The van der Waals surface area contributed by atoms with Gasteiger partial charge in [-0.25, -0.2) is 0 Å². The van der Waals surface area contributed by atoms with Gasteiger partial charge in [0.25, 0.3) is 0 Å². The van der Waals surface area contributed by atoms with Crippen LogP contribution < -0.4 is 11.1 Å². The minimum atomic E-state index is 0.0421. The molecule has 1 aliphatic rings. The van der Waals surface area contributed by atoms with Crippen LogP contribution in [0.1, 0.15) is 32.6 Å². The summed E-state index contributed by atoms with van der Waals surface area (Å²) in [6.45, 7) is 7.95. The van der Waals surface area contributed by atoms with Crippen molar-refractivity contribution in [3.8, 4) is 0 Å². The van der Waals surface area contributed by atoms with Crippen molar-refractivity contribution in [3.05, 3.63) is 36.2 Å². The molecule has 0 amide bonds. The van der Waals surface area contributed by atoms with Crippen LogP contribution in [0.5, 0.6) is 0 Å². The number of nitrogen functional groups attached to an aromatic ring is 1. The second-order valence-electron chi connectivity index (χ2n) is 6.25. The Hall–Kier alpha value is -2.25. The minimum absolute atomic E-state index is 0.0421. The highest BCUT2D eigenvalue weighted by Crippen LogP contribution is 2.23. The maximum atomic E-state index is 5.89. The average Bonchev–Trinajstić information content (AvgIpc) is 2.53. The monoisotopic (exact) mass is 328 g/mol. The lowest BCUT2D eigenvalue weighted by Gasteiger charge is -2.38. The number of ether oxygens (including phenoxy) is 1. The highest BCUT2D eigenvalue weighted by molar-refractivity contribution is 5.53. The molecule has 7 heteroatoms. The van der Waals surface area contributed by atoms with E-state index in [2.05, 4.69) is 45.9 Å². The van der Waals surface area contributed by atoms with Crippen LogP contribution in [-0.4, -0.2) is 45.1 Å². The molecule has 0 radical (unpaired) electrons. The van der Waals surface area contributed by atoms with E-state index in [0.29, 0.717) is 11.8 Å². The van der Waals surface area contributed by atoms with Crippen molar-refractivity contribution in [2.75, 3.05) is 24.1 Å². The lowest BCUT2D eigenvalue weighted by molar-refractivity contribution is -0.0797. The van der Waals surface area contributed by atoms with E-state index in [1.807, 2.05) is 30.3 Å². The number of nitrogens with two attached hydrogens (primary N) is 1. The molecule has 3 N–H and O–H groups in total. The Kier molecular flexibility index (Phi) is 4.92. The van der Waals surface area contributed by atoms with E-state index in [4.69, 9.17) is 10.5 Å². The smallest absolute Gasteiger partial charge is 0.232 e. The van der Waals surface area contributed by atoms with Gasteiger partial charge in [-0.3, -0.25) is 4.90 Å². The summed E-state index contributed by atoms with van der Waals surface area (Å²) in [5.74, 6) is 1.35. The van der Waals surface area contributed by atoms with E-state index in [1.165, 1.54) is 0 Å². The zero-order valence-electron chi connectivity index (χ0n) is 14.3. The predicted molar refractivity (Wildman–Crippen MR) is 94.0 cm³/mol. The second kappa shape index (κ2) is 7.11. The SMILES string of the molecule is C[C@@H]1CN([C@@H](C)c2nc(N)nc(Nc3ccccc3)n2)C[C@H](C)O1. The van der Waals surface area contributed by atoms with Gasteiger partial charge in [-0.15, -0.1) is 0 Å². The zero-order valence-corrected chi connectivity index (χ0v) is 14.3. The van der Waals surface area contributed by atoms with Crippen LogP contribution in [0.2, 0.25) is 0 Å². The maximum Gasteiger partial charge on any atom is 0.232 e. The van der Waals surface area contributed by atoms with Crippen LogP contribution in [0.25, 0.3) is 0 Å². The van der Waals surface area contributed by atoms with Gasteiger partial charge in [0.2, 0.25) is 11.9 Å². The fourth-order valence-corrected chi connectivity index (χ4v) is 3.00. The molecule has 128 valence electrons. The maximum absolute atomic E-state index is 5.89. The number of morpholine rings is 1. The lowest BCUT2D eigenvalue weighted by Crippen LogP contribution is -2.46. The summed E-state index contributed by atoms with van der Waals surface area (Å²) in [7, 11) is 0. The van der Waals surface area contributed by atoms with Crippen LogP contribution >= 0.6 is 0 Å². The number of anilines is 3. The van der Waals surface area contributed by atoms with E-state index in [9.17, 15) is 0 Å². The number of para-hydroxylation sites is 1. The van der Waals surface area contributed by atoms with Crippen molar-refractivity contribution in [3.63, 3.8) is 0 Å². The molecule has 0 bridgehead atoms. The van der Waals surface area contributed by atoms with E-state index in [0.717, 1.165) is 18.8 Å². The molecule has 2 aromatic rings. The molecule has 1 aliphatic heterocycles. The summed E-state index contributed by atoms with van der Waals surface area (Å²) in [4.78, 5) is 15.4. The molecule has 3 rings (SSSR count). The Morgan fingerprint density at radius 2 is 1.79 bits per heavy atom. The van der Waals surface area contributed by atoms with E-state index in [1.54, 1.807) is 0 Å². The Balaban J connectivity index is 1.80. The lowest BCUT2D eigenvalue weighted by atomic mass is 10.1. The molecule has 7 nitrogen and oxygen atoms in total. The van der Waals surface area contributed by atoms with Crippen LogP contribution in [-0.2, 0) is 4.74 Å². The molecule has 0 saturated carbocycles. The predicted octanol–water partition coefficient (Wildman–Crippen LogP) is 2.37. The first kappa shape index (κ1) is 16.6. The molecule has 2 heterocycles. The first-order valence-electron chi connectivity index (χ1n) is 8.24. The zero-order chi connectivity index (χ0) is 17.1. The van der Waals surface area contributed by atoms with Gasteiger partial charge in [-0.1, -0.05) is 18.2 Å². The molecular weight excluding hydrogens is 304 g/mol. The normalized spacial score (nSPS) is 23.0. The van der Waals surface area contributed by atoms with Gasteiger partial charge in [-0.05, 0) is 32.9 Å². The molecule has 0 aliphatic carbocycles. The van der Waals surface area contributed by atoms with Gasteiger partial charge in [0.15, 0.2) is 5.82 Å². The topological polar surface area (TPSA) is 89.2 Å². The Morgan fingerprint density at radius 1 is 1.12 bits per heavy atom. The first-order chi connectivity index (χ1) is 11.5. The molecule has 1 fully saturated rings. The van der Waals surface area contributed by atoms with Crippen LogP contribution in [0.3, 0.4) is 0 Å². The van der Waals surface area contributed by atoms with Crippen molar-refractivity contribution < 1.29 is 4.74 Å². The van der Waals surface area contributed by atoms with Crippen LogP contribution in [0.15, 0.2) is 30.3 Å². The van der Waals surface area contributed by atoms with Crippen molar-refractivity contribution >= 4 is 17.6 Å². The summed E-state index contributed by atoms with van der Waals surface area (Å²) < 4.78 is 5.80. The van der Waals surface area contributed by atoms with Crippen molar-refractivity contribution in [2.24, 2.45) is 0 Å². The summed E-state index contributed by atoms with van der Waals surface area (Å²) in [5, 5.41) is 3.18.